The van der Waals surface area contributed by atoms with Crippen LogP contribution in [0.15, 0.2) is 22.8 Å². The van der Waals surface area contributed by atoms with Crippen molar-refractivity contribution in [1.29, 1.82) is 0 Å². The average molecular weight is 253 g/mol. The van der Waals surface area contributed by atoms with Crippen LogP contribution in [0.2, 0.25) is 0 Å². The minimum Gasteiger partial charge on any atom is -0.357 e. The fraction of sp³-hybridized carbons (Fsp3) is 0.300. The van der Waals surface area contributed by atoms with Crippen LogP contribution in [0.25, 0.3) is 0 Å². The summed E-state index contributed by atoms with van der Waals surface area (Å²) in [5.74, 6) is 0.539. The molecule has 0 N–H and O–H groups in total. The maximum atomic E-state index is 11.8. The van der Waals surface area contributed by atoms with Crippen LogP contribution in [-0.4, -0.2) is 26.3 Å². The third-order valence-corrected chi connectivity index (χ3v) is 3.96. The van der Waals surface area contributed by atoms with Gasteiger partial charge >= 0.3 is 0 Å². The van der Waals surface area contributed by atoms with Gasteiger partial charge in [0.1, 0.15) is 5.01 Å². The molecule has 0 spiro atoms. The van der Waals surface area contributed by atoms with Crippen molar-refractivity contribution in [2.24, 2.45) is 7.05 Å². The lowest BCUT2D eigenvalue weighted by Gasteiger charge is -1.94. The van der Waals surface area contributed by atoms with Crippen LogP contribution in [0.3, 0.4) is 0 Å². The summed E-state index contributed by atoms with van der Waals surface area (Å²) < 4.78 is 2.72. The zero-order chi connectivity index (χ0) is 11.5. The molecule has 0 bridgehead atoms. The monoisotopic (exact) mass is 253 g/mol. The Bertz CT molecular complexity index is 504. The number of nitrogens with zero attached hydrogens (tertiary/aromatic N) is 3. The molecule has 0 aliphatic heterocycles. The van der Waals surface area contributed by atoms with Gasteiger partial charge in [-0.1, -0.05) is 23.1 Å². The number of rotatable bonds is 4. The third-order valence-electron chi connectivity index (χ3n) is 1.99. The Morgan fingerprint density at radius 2 is 2.38 bits per heavy atom. The minimum atomic E-state index is 0.124. The maximum absolute atomic E-state index is 11.8. The smallest absolute Gasteiger partial charge is 0.174 e. The van der Waals surface area contributed by atoms with E-state index in [1.165, 1.54) is 23.1 Å². The van der Waals surface area contributed by atoms with Gasteiger partial charge in [-0.05, 0) is 13.0 Å². The van der Waals surface area contributed by atoms with Gasteiger partial charge < -0.3 is 4.57 Å². The summed E-state index contributed by atoms with van der Waals surface area (Å²) in [6, 6.07) is 1.83. The number of Topliss-reactive ketones (excluding diaryl/α,β-unsaturated/α-hetero) is 1. The molecule has 4 nitrogen and oxygen atoms in total. The molecule has 2 aromatic rings. The van der Waals surface area contributed by atoms with Crippen LogP contribution >= 0.6 is 23.1 Å². The highest BCUT2D eigenvalue weighted by Crippen LogP contribution is 2.22. The fourth-order valence-electron chi connectivity index (χ4n) is 1.22. The van der Waals surface area contributed by atoms with E-state index in [4.69, 9.17) is 0 Å². The van der Waals surface area contributed by atoms with Crippen molar-refractivity contribution in [3.63, 3.8) is 0 Å². The molecule has 0 amide bonds. The second-order valence-corrected chi connectivity index (χ2v) is 5.77. The molecule has 0 aromatic carbocycles. The van der Waals surface area contributed by atoms with Crippen LogP contribution in [0.5, 0.6) is 0 Å². The van der Waals surface area contributed by atoms with E-state index in [1.807, 2.05) is 37.0 Å². The molecule has 0 saturated heterocycles. The zero-order valence-corrected chi connectivity index (χ0v) is 10.6. The van der Waals surface area contributed by atoms with E-state index in [2.05, 4.69) is 10.2 Å². The van der Waals surface area contributed by atoms with Gasteiger partial charge in [0.2, 0.25) is 0 Å². The van der Waals surface area contributed by atoms with Crippen molar-refractivity contribution in [2.45, 2.75) is 11.3 Å². The molecule has 2 aromatic heterocycles. The van der Waals surface area contributed by atoms with Gasteiger partial charge in [0, 0.05) is 25.0 Å². The number of hydrogen-bond acceptors (Lipinski definition) is 5. The summed E-state index contributed by atoms with van der Waals surface area (Å²) in [5.41, 5.74) is 0.747. The van der Waals surface area contributed by atoms with E-state index in [9.17, 15) is 4.79 Å². The molecule has 0 aliphatic rings. The van der Waals surface area contributed by atoms with Crippen LogP contribution in [0.4, 0.5) is 0 Å². The van der Waals surface area contributed by atoms with Crippen molar-refractivity contribution in [3.8, 4) is 0 Å². The topological polar surface area (TPSA) is 47.8 Å². The molecule has 6 heteroatoms. The van der Waals surface area contributed by atoms with Gasteiger partial charge in [-0.3, -0.25) is 4.79 Å². The molecule has 16 heavy (non-hydrogen) atoms. The van der Waals surface area contributed by atoms with Gasteiger partial charge in [0.15, 0.2) is 10.1 Å². The fourth-order valence-corrected chi connectivity index (χ4v) is 2.93. The van der Waals surface area contributed by atoms with Crippen LogP contribution in [-0.2, 0) is 7.05 Å². The Morgan fingerprint density at radius 1 is 1.56 bits per heavy atom. The number of carbonyl (C=O) groups excluding carboxylic acids is 1. The summed E-state index contributed by atoms with van der Waals surface area (Å²) in [6.45, 7) is 1.90. The lowest BCUT2D eigenvalue weighted by molar-refractivity contribution is 0.102. The molecule has 0 radical (unpaired) electrons. The van der Waals surface area contributed by atoms with Gasteiger partial charge in [-0.15, -0.1) is 10.2 Å². The number of aromatic nitrogens is 3. The van der Waals surface area contributed by atoms with E-state index >= 15 is 0 Å². The first-order valence-corrected chi connectivity index (χ1v) is 6.53. The number of thioether (sulfide) groups is 1. The number of carbonyl (C=O) groups is 1. The summed E-state index contributed by atoms with van der Waals surface area (Å²) in [4.78, 5) is 11.8. The number of ketones is 1. The second kappa shape index (κ2) is 4.80. The van der Waals surface area contributed by atoms with Crippen molar-refractivity contribution in [3.05, 3.63) is 29.0 Å². The Kier molecular flexibility index (Phi) is 3.40. The summed E-state index contributed by atoms with van der Waals surface area (Å²) in [7, 11) is 1.90. The van der Waals surface area contributed by atoms with Gasteiger partial charge in [0.05, 0.1) is 5.75 Å². The highest BCUT2D eigenvalue weighted by Gasteiger charge is 2.09. The van der Waals surface area contributed by atoms with E-state index in [-0.39, 0.29) is 5.78 Å². The molecule has 0 unspecified atom stereocenters. The summed E-state index contributed by atoms with van der Waals surface area (Å²) in [6.07, 6.45) is 3.70. The standard InChI is InChI=1S/C10H11N3OS2/c1-7-11-12-10(16-7)15-6-9(14)8-3-4-13(2)5-8/h3-5H,6H2,1-2H3. The highest BCUT2D eigenvalue weighted by atomic mass is 32.2. The lowest BCUT2D eigenvalue weighted by atomic mass is 10.2. The van der Waals surface area contributed by atoms with Crippen LogP contribution < -0.4 is 0 Å². The summed E-state index contributed by atoms with van der Waals surface area (Å²) >= 11 is 2.95. The van der Waals surface area contributed by atoms with E-state index in [0.717, 1.165) is 14.9 Å². The van der Waals surface area contributed by atoms with Gasteiger partial charge in [-0.25, -0.2) is 0 Å². The Labute approximate surface area is 102 Å². The Balaban J connectivity index is 1.93. The zero-order valence-electron chi connectivity index (χ0n) is 9.01. The Morgan fingerprint density at radius 3 is 2.94 bits per heavy atom. The molecule has 2 rings (SSSR count). The van der Waals surface area contributed by atoms with Crippen molar-refractivity contribution in [1.82, 2.24) is 14.8 Å². The normalized spacial score (nSPS) is 10.6. The van der Waals surface area contributed by atoms with Gasteiger partial charge in [-0.2, -0.15) is 0 Å². The molecule has 0 atom stereocenters. The lowest BCUT2D eigenvalue weighted by Crippen LogP contribution is -2.00. The van der Waals surface area contributed by atoms with Gasteiger partial charge in [0.25, 0.3) is 0 Å². The van der Waals surface area contributed by atoms with E-state index < -0.39 is 0 Å². The molecule has 0 aliphatic carbocycles. The molecule has 2 heterocycles. The quantitative estimate of drug-likeness (QED) is 0.619. The summed E-state index contributed by atoms with van der Waals surface area (Å²) in [5, 5.41) is 8.79. The molecule has 0 saturated carbocycles. The minimum absolute atomic E-state index is 0.124. The molecular weight excluding hydrogens is 242 g/mol. The predicted molar refractivity (Wildman–Crippen MR) is 65.1 cm³/mol. The van der Waals surface area contributed by atoms with Crippen molar-refractivity contribution < 1.29 is 4.79 Å². The van der Waals surface area contributed by atoms with Crippen molar-refractivity contribution >= 4 is 28.9 Å². The molecule has 0 fully saturated rings. The molecule has 84 valence electrons. The van der Waals surface area contributed by atoms with E-state index in [1.54, 1.807) is 0 Å². The largest absolute Gasteiger partial charge is 0.357 e. The first-order valence-electron chi connectivity index (χ1n) is 4.73. The highest BCUT2D eigenvalue weighted by molar-refractivity contribution is 8.01. The van der Waals surface area contributed by atoms with E-state index in [0.29, 0.717) is 5.75 Å². The van der Waals surface area contributed by atoms with Crippen LogP contribution in [0.1, 0.15) is 15.4 Å². The third kappa shape index (κ3) is 2.70. The Hall–Kier alpha value is -1.14. The predicted octanol–water partition coefficient (Wildman–Crippen LogP) is 2.16. The molecular formula is C10H11N3OS2. The average Bonchev–Trinajstić information content (AvgIpc) is 2.84. The second-order valence-electron chi connectivity index (χ2n) is 3.36. The first-order chi connectivity index (χ1) is 7.65. The van der Waals surface area contributed by atoms with Crippen molar-refractivity contribution in [2.75, 3.05) is 5.75 Å². The maximum Gasteiger partial charge on any atom is 0.174 e. The SMILES string of the molecule is Cc1nnc(SCC(=O)c2ccn(C)c2)s1. The van der Waals surface area contributed by atoms with Crippen LogP contribution in [0, 0.1) is 6.92 Å². The first kappa shape index (κ1) is 11.3. The number of hydrogen-bond donors (Lipinski definition) is 0. The number of aryl methyl sites for hydroxylation is 2.